The molecular formula is C16H27N3O. The predicted molar refractivity (Wildman–Crippen MR) is 81.9 cm³/mol. The smallest absolute Gasteiger partial charge is 0.217 e. The summed E-state index contributed by atoms with van der Waals surface area (Å²) in [5, 5.41) is 3.66. The lowest BCUT2D eigenvalue weighted by atomic mass is 9.97. The summed E-state index contributed by atoms with van der Waals surface area (Å²) < 4.78 is 5.38. The number of methoxy groups -OCH3 is 1. The predicted octanol–water partition coefficient (Wildman–Crippen LogP) is 2.30. The van der Waals surface area contributed by atoms with Gasteiger partial charge in [-0.15, -0.1) is 0 Å². The van der Waals surface area contributed by atoms with Crippen molar-refractivity contribution in [1.29, 1.82) is 0 Å². The van der Waals surface area contributed by atoms with E-state index in [1.807, 2.05) is 6.07 Å². The molecule has 0 radical (unpaired) electrons. The molecule has 0 aliphatic carbocycles. The first-order valence-corrected chi connectivity index (χ1v) is 7.61. The molecule has 20 heavy (non-hydrogen) atoms. The highest BCUT2D eigenvalue weighted by molar-refractivity contribution is 5.25. The van der Waals surface area contributed by atoms with Gasteiger partial charge in [0, 0.05) is 43.5 Å². The largest absolute Gasteiger partial charge is 0.481 e. The number of hydrogen-bond acceptors (Lipinski definition) is 4. The van der Waals surface area contributed by atoms with Gasteiger partial charge >= 0.3 is 0 Å². The van der Waals surface area contributed by atoms with Crippen molar-refractivity contribution in [2.45, 2.75) is 45.8 Å². The number of rotatable bonds is 5. The van der Waals surface area contributed by atoms with Gasteiger partial charge in [-0.3, -0.25) is 4.90 Å². The molecule has 1 aromatic rings. The van der Waals surface area contributed by atoms with E-state index in [0.29, 0.717) is 18.0 Å². The third-order valence-corrected chi connectivity index (χ3v) is 4.22. The van der Waals surface area contributed by atoms with Crippen LogP contribution in [-0.2, 0) is 6.54 Å². The summed E-state index contributed by atoms with van der Waals surface area (Å²) in [4.78, 5) is 6.89. The fourth-order valence-electron chi connectivity index (χ4n) is 2.96. The molecule has 2 unspecified atom stereocenters. The number of hydrogen-bond donors (Lipinski definition) is 1. The van der Waals surface area contributed by atoms with E-state index in [4.69, 9.17) is 4.74 Å². The highest BCUT2D eigenvalue weighted by Gasteiger charge is 2.29. The van der Waals surface area contributed by atoms with E-state index in [-0.39, 0.29) is 0 Å². The standard InChI is InChI=1S/C16H27N3O/c1-5-14-11-19(15(9-18-14)12(2)3)10-13-7-6-8-17-16(13)20-4/h6-8,12,14-15,18H,5,9-11H2,1-4H3. The first-order valence-electron chi connectivity index (χ1n) is 7.61. The Labute approximate surface area is 122 Å². The van der Waals surface area contributed by atoms with Gasteiger partial charge in [0.05, 0.1) is 7.11 Å². The van der Waals surface area contributed by atoms with E-state index < -0.39 is 0 Å². The van der Waals surface area contributed by atoms with E-state index in [1.165, 1.54) is 12.0 Å². The fraction of sp³-hybridized carbons (Fsp3) is 0.688. The zero-order valence-corrected chi connectivity index (χ0v) is 13.1. The zero-order valence-electron chi connectivity index (χ0n) is 13.1. The van der Waals surface area contributed by atoms with Crippen molar-refractivity contribution in [3.05, 3.63) is 23.9 Å². The van der Waals surface area contributed by atoms with Crippen LogP contribution in [0.25, 0.3) is 0 Å². The molecule has 0 saturated carbocycles. The first kappa shape index (κ1) is 15.3. The van der Waals surface area contributed by atoms with Crippen LogP contribution in [-0.4, -0.2) is 42.2 Å². The number of nitrogens with zero attached hydrogens (tertiary/aromatic N) is 2. The maximum Gasteiger partial charge on any atom is 0.217 e. The van der Waals surface area contributed by atoms with Crippen molar-refractivity contribution < 1.29 is 4.74 Å². The zero-order chi connectivity index (χ0) is 14.5. The molecule has 112 valence electrons. The minimum absolute atomic E-state index is 0.572. The lowest BCUT2D eigenvalue weighted by molar-refractivity contribution is 0.0890. The van der Waals surface area contributed by atoms with Crippen LogP contribution < -0.4 is 10.1 Å². The topological polar surface area (TPSA) is 37.4 Å². The second-order valence-corrected chi connectivity index (χ2v) is 5.93. The van der Waals surface area contributed by atoms with E-state index in [0.717, 1.165) is 25.5 Å². The van der Waals surface area contributed by atoms with Crippen molar-refractivity contribution in [3.63, 3.8) is 0 Å². The quantitative estimate of drug-likeness (QED) is 0.896. The summed E-state index contributed by atoms with van der Waals surface area (Å²) in [6.07, 6.45) is 2.96. The Morgan fingerprint density at radius 2 is 2.30 bits per heavy atom. The fourth-order valence-corrected chi connectivity index (χ4v) is 2.96. The van der Waals surface area contributed by atoms with Gasteiger partial charge in [-0.25, -0.2) is 4.98 Å². The van der Waals surface area contributed by atoms with Crippen molar-refractivity contribution >= 4 is 0 Å². The van der Waals surface area contributed by atoms with Crippen molar-refractivity contribution in [3.8, 4) is 5.88 Å². The molecule has 1 aromatic heterocycles. The minimum Gasteiger partial charge on any atom is -0.481 e. The van der Waals surface area contributed by atoms with Gasteiger partial charge in [0.2, 0.25) is 5.88 Å². The second-order valence-electron chi connectivity index (χ2n) is 5.93. The van der Waals surface area contributed by atoms with Crippen LogP contribution in [0, 0.1) is 5.92 Å². The lowest BCUT2D eigenvalue weighted by Crippen LogP contribution is -2.57. The minimum atomic E-state index is 0.572. The molecule has 0 amide bonds. The van der Waals surface area contributed by atoms with Crippen LogP contribution in [0.4, 0.5) is 0 Å². The Morgan fingerprint density at radius 1 is 1.50 bits per heavy atom. The van der Waals surface area contributed by atoms with Crippen LogP contribution in [0.2, 0.25) is 0 Å². The Hall–Kier alpha value is -1.13. The summed E-state index contributed by atoms with van der Waals surface area (Å²) in [6, 6.07) is 5.27. The molecule has 0 aromatic carbocycles. The molecule has 1 N–H and O–H groups in total. The summed E-state index contributed by atoms with van der Waals surface area (Å²) >= 11 is 0. The van der Waals surface area contributed by atoms with E-state index in [9.17, 15) is 0 Å². The van der Waals surface area contributed by atoms with Crippen LogP contribution in [0.5, 0.6) is 5.88 Å². The van der Waals surface area contributed by atoms with E-state index in [2.05, 4.69) is 42.0 Å². The normalized spacial score (nSPS) is 24.1. The van der Waals surface area contributed by atoms with Gasteiger partial charge in [-0.05, 0) is 18.4 Å². The number of pyridine rings is 1. The average molecular weight is 277 g/mol. The molecular weight excluding hydrogens is 250 g/mol. The molecule has 0 spiro atoms. The molecule has 1 fully saturated rings. The van der Waals surface area contributed by atoms with Crippen molar-refractivity contribution in [1.82, 2.24) is 15.2 Å². The number of nitrogens with one attached hydrogen (secondary N) is 1. The summed E-state index contributed by atoms with van der Waals surface area (Å²) in [6.45, 7) is 9.92. The number of ether oxygens (including phenoxy) is 1. The third kappa shape index (κ3) is 3.49. The maximum absolute atomic E-state index is 5.38. The van der Waals surface area contributed by atoms with Gasteiger partial charge in [0.1, 0.15) is 0 Å². The Kier molecular flexibility index (Phi) is 5.38. The SMILES string of the molecule is CCC1CN(Cc2cccnc2OC)C(C(C)C)CN1. The summed E-state index contributed by atoms with van der Waals surface area (Å²) in [7, 11) is 1.69. The molecule has 0 bridgehead atoms. The molecule has 2 heterocycles. The third-order valence-electron chi connectivity index (χ3n) is 4.22. The second kappa shape index (κ2) is 7.04. The Bertz CT molecular complexity index is 422. The highest BCUT2D eigenvalue weighted by atomic mass is 16.5. The van der Waals surface area contributed by atoms with Gasteiger partial charge in [0.15, 0.2) is 0 Å². The van der Waals surface area contributed by atoms with Crippen molar-refractivity contribution in [2.75, 3.05) is 20.2 Å². The van der Waals surface area contributed by atoms with Gasteiger partial charge < -0.3 is 10.1 Å². The first-order chi connectivity index (χ1) is 9.65. The van der Waals surface area contributed by atoms with Gasteiger partial charge in [0.25, 0.3) is 0 Å². The van der Waals surface area contributed by atoms with Crippen molar-refractivity contribution in [2.24, 2.45) is 5.92 Å². The molecule has 2 rings (SSSR count). The van der Waals surface area contributed by atoms with E-state index >= 15 is 0 Å². The lowest BCUT2D eigenvalue weighted by Gasteiger charge is -2.42. The number of aromatic nitrogens is 1. The van der Waals surface area contributed by atoms with Crippen LogP contribution >= 0.6 is 0 Å². The molecule has 1 saturated heterocycles. The van der Waals surface area contributed by atoms with E-state index in [1.54, 1.807) is 13.3 Å². The van der Waals surface area contributed by atoms with Crippen LogP contribution in [0.15, 0.2) is 18.3 Å². The Balaban J connectivity index is 2.14. The number of piperazine rings is 1. The molecule has 4 nitrogen and oxygen atoms in total. The molecule has 2 atom stereocenters. The van der Waals surface area contributed by atoms with Crippen LogP contribution in [0.3, 0.4) is 0 Å². The maximum atomic E-state index is 5.38. The summed E-state index contributed by atoms with van der Waals surface area (Å²) in [5.74, 6) is 1.39. The molecule has 1 aliphatic heterocycles. The summed E-state index contributed by atoms with van der Waals surface area (Å²) in [5.41, 5.74) is 1.18. The van der Waals surface area contributed by atoms with Gasteiger partial charge in [-0.1, -0.05) is 26.8 Å². The average Bonchev–Trinajstić information content (AvgIpc) is 2.47. The van der Waals surface area contributed by atoms with Crippen LogP contribution in [0.1, 0.15) is 32.8 Å². The molecule has 1 aliphatic rings. The molecule has 4 heteroatoms. The highest BCUT2D eigenvalue weighted by Crippen LogP contribution is 2.22. The Morgan fingerprint density at radius 3 is 2.95 bits per heavy atom. The van der Waals surface area contributed by atoms with Gasteiger partial charge in [-0.2, -0.15) is 0 Å². The monoisotopic (exact) mass is 277 g/mol.